The third-order valence-corrected chi connectivity index (χ3v) is 3.41. The van der Waals surface area contributed by atoms with Crippen molar-refractivity contribution in [1.29, 1.82) is 0 Å². The summed E-state index contributed by atoms with van der Waals surface area (Å²) >= 11 is 5.48. The molecule has 0 saturated heterocycles. The lowest BCUT2D eigenvalue weighted by atomic mass is 10.2. The monoisotopic (exact) mass is 270 g/mol. The number of hydrogen-bond acceptors (Lipinski definition) is 2. The number of fused-ring (bicyclic) bond motifs is 1. The minimum Gasteiger partial charge on any atom is -0.289 e. The predicted molar refractivity (Wildman–Crippen MR) is 76.6 cm³/mol. The second-order valence-electron chi connectivity index (χ2n) is 4.30. The first-order chi connectivity index (χ1) is 9.16. The van der Waals surface area contributed by atoms with Crippen LogP contribution in [0.5, 0.6) is 0 Å². The van der Waals surface area contributed by atoms with Gasteiger partial charge in [-0.05, 0) is 37.3 Å². The first-order valence-corrected chi connectivity index (χ1v) is 6.32. The van der Waals surface area contributed by atoms with Crippen LogP contribution in [0.25, 0.3) is 16.6 Å². The van der Waals surface area contributed by atoms with E-state index in [4.69, 9.17) is 12.2 Å². The third-order valence-electron chi connectivity index (χ3n) is 3.01. The minimum absolute atomic E-state index is 0.302. The van der Waals surface area contributed by atoms with Crippen LogP contribution in [0.3, 0.4) is 0 Å². The molecule has 2 nitrogen and oxygen atoms in total. The zero-order valence-corrected chi connectivity index (χ0v) is 11.1. The van der Waals surface area contributed by atoms with Gasteiger partial charge in [-0.1, -0.05) is 30.4 Å². The molecule has 2 aromatic carbocycles. The molecule has 0 atom stereocenters. The highest BCUT2D eigenvalue weighted by molar-refractivity contribution is 7.71. The van der Waals surface area contributed by atoms with Crippen molar-refractivity contribution in [3.63, 3.8) is 0 Å². The van der Waals surface area contributed by atoms with Gasteiger partial charge in [0.15, 0.2) is 0 Å². The Morgan fingerprint density at radius 2 is 1.84 bits per heavy atom. The number of rotatable bonds is 1. The van der Waals surface area contributed by atoms with Crippen LogP contribution in [0.1, 0.15) is 5.82 Å². The topological polar surface area (TPSA) is 17.8 Å². The Hall–Kier alpha value is -2.07. The maximum Gasteiger partial charge on any atom is 0.124 e. The number of aryl methyl sites for hydroxylation is 1. The van der Waals surface area contributed by atoms with Crippen molar-refractivity contribution in [2.24, 2.45) is 0 Å². The zero-order chi connectivity index (χ0) is 13.4. The number of aromatic nitrogens is 2. The molecule has 1 aromatic heterocycles. The number of halogens is 1. The maximum atomic E-state index is 13.4. The van der Waals surface area contributed by atoms with Crippen molar-refractivity contribution in [3.05, 3.63) is 64.8 Å². The Balaban J connectivity index is 2.41. The molecule has 0 aliphatic heterocycles. The summed E-state index contributed by atoms with van der Waals surface area (Å²) in [4.78, 5) is 4.48. The molecule has 19 heavy (non-hydrogen) atoms. The van der Waals surface area contributed by atoms with E-state index < -0.39 is 0 Å². The first-order valence-electron chi connectivity index (χ1n) is 5.91. The van der Waals surface area contributed by atoms with Gasteiger partial charge in [-0.2, -0.15) is 0 Å². The van der Waals surface area contributed by atoms with Crippen molar-refractivity contribution < 1.29 is 4.39 Å². The van der Waals surface area contributed by atoms with Crippen molar-refractivity contribution >= 4 is 23.1 Å². The molecule has 0 radical (unpaired) electrons. The lowest BCUT2D eigenvalue weighted by Gasteiger charge is -2.12. The molecule has 0 fully saturated rings. The Morgan fingerprint density at radius 1 is 1.11 bits per heavy atom. The molecule has 4 heteroatoms. The van der Waals surface area contributed by atoms with Gasteiger partial charge in [-0.25, -0.2) is 9.37 Å². The van der Waals surface area contributed by atoms with E-state index in [0.29, 0.717) is 10.0 Å². The van der Waals surface area contributed by atoms with E-state index in [0.717, 1.165) is 17.0 Å². The SMILES string of the molecule is Cc1nc2ccc(F)cc2c(=S)n1-c1ccccc1. The molecular weight excluding hydrogens is 259 g/mol. The van der Waals surface area contributed by atoms with Gasteiger partial charge in [0.1, 0.15) is 16.3 Å². The highest BCUT2D eigenvalue weighted by Crippen LogP contribution is 2.20. The van der Waals surface area contributed by atoms with Crippen LogP contribution in [0, 0.1) is 17.4 Å². The average Bonchev–Trinajstić information content (AvgIpc) is 2.41. The molecule has 3 aromatic rings. The van der Waals surface area contributed by atoms with Crippen molar-refractivity contribution in [3.8, 4) is 5.69 Å². The Bertz CT molecular complexity index is 809. The fourth-order valence-corrected chi connectivity index (χ4v) is 2.55. The predicted octanol–water partition coefficient (Wildman–Crippen LogP) is 4.20. The summed E-state index contributed by atoms with van der Waals surface area (Å²) in [5, 5.41) is 0.657. The van der Waals surface area contributed by atoms with Gasteiger partial charge in [-0.15, -0.1) is 0 Å². The molecule has 0 aliphatic carbocycles. The zero-order valence-electron chi connectivity index (χ0n) is 10.3. The summed E-state index contributed by atoms with van der Waals surface area (Å²) in [6, 6.07) is 14.2. The highest BCUT2D eigenvalue weighted by Gasteiger charge is 2.07. The van der Waals surface area contributed by atoms with Crippen LogP contribution in [0.2, 0.25) is 0 Å². The molecular formula is C15H11FN2S. The van der Waals surface area contributed by atoms with Crippen LogP contribution in [-0.4, -0.2) is 9.55 Å². The van der Waals surface area contributed by atoms with Crippen LogP contribution in [-0.2, 0) is 0 Å². The normalized spacial score (nSPS) is 10.8. The van der Waals surface area contributed by atoms with Crippen LogP contribution in [0.15, 0.2) is 48.5 Å². The smallest absolute Gasteiger partial charge is 0.124 e. The van der Waals surface area contributed by atoms with E-state index in [-0.39, 0.29) is 5.82 Å². The molecule has 3 rings (SSSR count). The van der Waals surface area contributed by atoms with Crippen LogP contribution >= 0.6 is 12.2 Å². The molecule has 1 heterocycles. The molecule has 0 aliphatic rings. The van der Waals surface area contributed by atoms with Crippen molar-refractivity contribution in [2.45, 2.75) is 6.92 Å². The molecule has 0 amide bonds. The van der Waals surface area contributed by atoms with Gasteiger partial charge < -0.3 is 0 Å². The minimum atomic E-state index is -0.302. The van der Waals surface area contributed by atoms with E-state index >= 15 is 0 Å². The molecule has 0 bridgehead atoms. The lowest BCUT2D eigenvalue weighted by molar-refractivity contribution is 0.629. The largest absolute Gasteiger partial charge is 0.289 e. The third kappa shape index (κ3) is 2.04. The fourth-order valence-electron chi connectivity index (χ4n) is 2.15. The summed E-state index contributed by atoms with van der Waals surface area (Å²) in [5.74, 6) is 0.485. The van der Waals surface area contributed by atoms with E-state index in [1.54, 1.807) is 6.07 Å². The maximum absolute atomic E-state index is 13.4. The van der Waals surface area contributed by atoms with Gasteiger partial charge in [0.2, 0.25) is 0 Å². The Morgan fingerprint density at radius 3 is 2.58 bits per heavy atom. The Labute approximate surface area is 115 Å². The Kier molecular flexibility index (Phi) is 2.87. The van der Waals surface area contributed by atoms with E-state index in [9.17, 15) is 4.39 Å². The molecule has 0 saturated carbocycles. The molecule has 0 unspecified atom stereocenters. The quantitative estimate of drug-likeness (QED) is 0.617. The summed E-state index contributed by atoms with van der Waals surface area (Å²) < 4.78 is 15.8. The summed E-state index contributed by atoms with van der Waals surface area (Å²) in [6.45, 7) is 1.89. The van der Waals surface area contributed by atoms with Gasteiger partial charge >= 0.3 is 0 Å². The summed E-state index contributed by atoms with van der Waals surface area (Å²) in [6.07, 6.45) is 0. The average molecular weight is 270 g/mol. The number of para-hydroxylation sites is 1. The van der Waals surface area contributed by atoms with Crippen molar-refractivity contribution in [2.75, 3.05) is 0 Å². The number of benzene rings is 2. The van der Waals surface area contributed by atoms with Crippen molar-refractivity contribution in [1.82, 2.24) is 9.55 Å². The molecule has 0 N–H and O–H groups in total. The van der Waals surface area contributed by atoms with E-state index in [1.807, 2.05) is 41.8 Å². The second-order valence-corrected chi connectivity index (χ2v) is 4.68. The van der Waals surface area contributed by atoms with Gasteiger partial charge in [0, 0.05) is 11.1 Å². The van der Waals surface area contributed by atoms with Gasteiger partial charge in [-0.3, -0.25) is 4.57 Å². The van der Waals surface area contributed by atoms with Gasteiger partial charge in [0.25, 0.3) is 0 Å². The number of nitrogens with zero attached hydrogens (tertiary/aromatic N) is 2. The summed E-state index contributed by atoms with van der Waals surface area (Å²) in [5.41, 5.74) is 1.65. The van der Waals surface area contributed by atoms with Crippen LogP contribution < -0.4 is 0 Å². The highest BCUT2D eigenvalue weighted by atomic mass is 32.1. The first kappa shape index (κ1) is 12.0. The number of hydrogen-bond donors (Lipinski definition) is 0. The van der Waals surface area contributed by atoms with Crippen LogP contribution in [0.4, 0.5) is 4.39 Å². The van der Waals surface area contributed by atoms with E-state index in [2.05, 4.69) is 4.98 Å². The lowest BCUT2D eigenvalue weighted by Crippen LogP contribution is -2.05. The van der Waals surface area contributed by atoms with E-state index in [1.165, 1.54) is 12.1 Å². The standard InChI is InChI=1S/C15H11FN2S/c1-10-17-14-8-7-11(16)9-13(14)15(19)18(10)12-5-3-2-4-6-12/h2-9H,1H3. The second kappa shape index (κ2) is 4.55. The summed E-state index contributed by atoms with van der Waals surface area (Å²) in [7, 11) is 0. The molecule has 94 valence electrons. The molecule has 0 spiro atoms. The fraction of sp³-hybridized carbons (Fsp3) is 0.0667. The van der Waals surface area contributed by atoms with Gasteiger partial charge in [0.05, 0.1) is 5.52 Å².